The van der Waals surface area contributed by atoms with Crippen molar-refractivity contribution < 1.29 is 0 Å². The Labute approximate surface area is 125 Å². The van der Waals surface area contributed by atoms with E-state index in [9.17, 15) is 0 Å². The fourth-order valence-corrected chi connectivity index (χ4v) is 3.12. The third kappa shape index (κ3) is 4.86. The molecule has 0 fully saturated rings. The lowest BCUT2D eigenvalue weighted by atomic mass is 9.89. The summed E-state index contributed by atoms with van der Waals surface area (Å²) in [5.74, 6) is 6.52. The minimum atomic E-state index is 0.278. The summed E-state index contributed by atoms with van der Waals surface area (Å²) in [6.45, 7) is 4.54. The Morgan fingerprint density at radius 3 is 2.56 bits per heavy atom. The van der Waals surface area contributed by atoms with E-state index in [1.54, 1.807) is 0 Å². The van der Waals surface area contributed by atoms with Crippen LogP contribution in [0.3, 0.4) is 0 Å². The van der Waals surface area contributed by atoms with Crippen LogP contribution in [0, 0.1) is 9.49 Å². The van der Waals surface area contributed by atoms with Crippen LogP contribution >= 0.6 is 22.6 Å². The summed E-state index contributed by atoms with van der Waals surface area (Å²) in [4.78, 5) is 0. The fraction of sp³-hybridized carbons (Fsp3) is 0.600. The highest BCUT2D eigenvalue weighted by Crippen LogP contribution is 2.28. The zero-order chi connectivity index (χ0) is 13.4. The lowest BCUT2D eigenvalue weighted by Crippen LogP contribution is -2.30. The van der Waals surface area contributed by atoms with Crippen molar-refractivity contribution >= 4 is 22.6 Å². The number of benzene rings is 1. The first-order valence-electron chi connectivity index (χ1n) is 6.93. The van der Waals surface area contributed by atoms with Crippen LogP contribution in [0.1, 0.15) is 57.6 Å². The molecule has 0 bridgehead atoms. The topological polar surface area (TPSA) is 38.0 Å². The maximum Gasteiger partial charge on any atom is 0.0473 e. The average molecular weight is 360 g/mol. The molecule has 0 spiro atoms. The van der Waals surface area contributed by atoms with E-state index in [0.29, 0.717) is 0 Å². The maximum absolute atomic E-state index is 5.75. The van der Waals surface area contributed by atoms with Crippen molar-refractivity contribution in [1.82, 2.24) is 5.43 Å². The van der Waals surface area contributed by atoms with Crippen LogP contribution in [0.5, 0.6) is 0 Å². The van der Waals surface area contributed by atoms with Crippen LogP contribution in [-0.4, -0.2) is 0 Å². The number of hydrogen-bond acceptors (Lipinski definition) is 2. The lowest BCUT2D eigenvalue weighted by Gasteiger charge is -2.23. The largest absolute Gasteiger partial charge is 0.271 e. The Kier molecular flexibility index (Phi) is 7.86. The third-order valence-corrected chi connectivity index (χ3v) is 4.58. The molecule has 1 aromatic carbocycles. The molecule has 0 aliphatic rings. The minimum absolute atomic E-state index is 0.278. The summed E-state index contributed by atoms with van der Waals surface area (Å²) in [5, 5.41) is 0. The number of hydrazine groups is 1. The number of rotatable bonds is 8. The van der Waals surface area contributed by atoms with Crippen LogP contribution in [0.2, 0.25) is 0 Å². The molecule has 0 saturated heterocycles. The van der Waals surface area contributed by atoms with Gasteiger partial charge in [0.25, 0.3) is 0 Å². The average Bonchev–Trinajstić information content (AvgIpc) is 2.40. The third-order valence-electron chi connectivity index (χ3n) is 3.59. The highest BCUT2D eigenvalue weighted by atomic mass is 127. The molecular formula is C15H25IN2. The second-order valence-corrected chi connectivity index (χ2v) is 6.06. The van der Waals surface area contributed by atoms with Crippen molar-refractivity contribution in [3.63, 3.8) is 0 Å². The molecule has 3 N–H and O–H groups in total. The Morgan fingerprint density at radius 2 is 2.00 bits per heavy atom. The summed E-state index contributed by atoms with van der Waals surface area (Å²) in [6, 6.07) is 8.77. The summed E-state index contributed by atoms with van der Waals surface area (Å²) in [5.41, 5.74) is 4.32. The van der Waals surface area contributed by atoms with Crippen molar-refractivity contribution in [1.29, 1.82) is 0 Å². The molecule has 2 nitrogen and oxygen atoms in total. The molecule has 102 valence electrons. The smallest absolute Gasteiger partial charge is 0.0473 e. The van der Waals surface area contributed by atoms with Gasteiger partial charge in [-0.05, 0) is 46.6 Å². The molecule has 0 radical (unpaired) electrons. The van der Waals surface area contributed by atoms with Gasteiger partial charge in [-0.3, -0.25) is 11.3 Å². The van der Waals surface area contributed by atoms with Crippen LogP contribution in [0.15, 0.2) is 24.3 Å². The van der Waals surface area contributed by atoms with Gasteiger partial charge in [0.2, 0.25) is 0 Å². The number of nitrogens with one attached hydrogen (secondary N) is 1. The molecule has 1 aromatic rings. The van der Waals surface area contributed by atoms with Gasteiger partial charge in [-0.25, -0.2) is 0 Å². The van der Waals surface area contributed by atoms with E-state index in [-0.39, 0.29) is 6.04 Å². The Bertz CT molecular complexity index is 341. The van der Waals surface area contributed by atoms with E-state index in [1.807, 2.05) is 0 Å². The van der Waals surface area contributed by atoms with Gasteiger partial charge in [-0.1, -0.05) is 57.7 Å². The molecule has 2 unspecified atom stereocenters. The first-order valence-corrected chi connectivity index (χ1v) is 8.01. The fourth-order valence-electron chi connectivity index (χ4n) is 2.36. The summed E-state index contributed by atoms with van der Waals surface area (Å²) in [7, 11) is 0. The Hall–Kier alpha value is -0.130. The molecule has 0 aliphatic carbocycles. The molecule has 2 atom stereocenters. The van der Waals surface area contributed by atoms with Crippen molar-refractivity contribution in [3.05, 3.63) is 33.4 Å². The predicted octanol–water partition coefficient (Wildman–Crippen LogP) is 4.40. The molecule has 0 heterocycles. The van der Waals surface area contributed by atoms with E-state index in [1.165, 1.54) is 34.8 Å². The van der Waals surface area contributed by atoms with Gasteiger partial charge in [0.05, 0.1) is 0 Å². The molecular weight excluding hydrogens is 335 g/mol. The molecule has 0 aliphatic heterocycles. The van der Waals surface area contributed by atoms with Crippen LogP contribution in [0.4, 0.5) is 0 Å². The van der Waals surface area contributed by atoms with Gasteiger partial charge in [0.15, 0.2) is 0 Å². The molecule has 18 heavy (non-hydrogen) atoms. The van der Waals surface area contributed by atoms with Crippen molar-refractivity contribution in [3.8, 4) is 0 Å². The van der Waals surface area contributed by atoms with Crippen LogP contribution in [0.25, 0.3) is 0 Å². The number of nitrogens with two attached hydrogens (primary N) is 1. The van der Waals surface area contributed by atoms with Crippen LogP contribution in [-0.2, 0) is 0 Å². The van der Waals surface area contributed by atoms with Gasteiger partial charge >= 0.3 is 0 Å². The van der Waals surface area contributed by atoms with Gasteiger partial charge in [-0.15, -0.1) is 0 Å². The Balaban J connectivity index is 2.68. The monoisotopic (exact) mass is 360 g/mol. The second kappa shape index (κ2) is 8.88. The molecule has 1 rings (SSSR count). The van der Waals surface area contributed by atoms with Crippen molar-refractivity contribution in [2.45, 2.75) is 52.0 Å². The van der Waals surface area contributed by atoms with Gasteiger partial charge in [-0.2, -0.15) is 0 Å². The van der Waals surface area contributed by atoms with Crippen molar-refractivity contribution in [2.75, 3.05) is 0 Å². The van der Waals surface area contributed by atoms with Gasteiger partial charge in [0.1, 0.15) is 0 Å². The summed E-state index contributed by atoms with van der Waals surface area (Å²) < 4.78 is 1.29. The predicted molar refractivity (Wildman–Crippen MR) is 87.1 cm³/mol. The zero-order valence-electron chi connectivity index (χ0n) is 11.5. The standard InChI is InChI=1S/C15H25IN2/c1-3-5-8-12(4-2)11-15(18-17)13-9-6-7-10-14(13)16/h6-7,9-10,12,15,18H,3-5,8,11,17H2,1-2H3. The zero-order valence-corrected chi connectivity index (χ0v) is 13.6. The van der Waals surface area contributed by atoms with Crippen molar-refractivity contribution in [2.24, 2.45) is 11.8 Å². The van der Waals surface area contributed by atoms with E-state index >= 15 is 0 Å². The SMILES string of the molecule is CCCCC(CC)CC(NN)c1ccccc1I. The molecule has 3 heteroatoms. The first kappa shape index (κ1) is 15.9. The van der Waals surface area contributed by atoms with Gasteiger partial charge in [0, 0.05) is 9.61 Å². The molecule has 0 aromatic heterocycles. The summed E-state index contributed by atoms with van der Waals surface area (Å²) >= 11 is 2.39. The highest BCUT2D eigenvalue weighted by Gasteiger charge is 2.17. The quantitative estimate of drug-likeness (QED) is 0.410. The van der Waals surface area contributed by atoms with Gasteiger partial charge < -0.3 is 0 Å². The first-order chi connectivity index (χ1) is 8.72. The van der Waals surface area contributed by atoms with E-state index < -0.39 is 0 Å². The van der Waals surface area contributed by atoms with E-state index in [4.69, 9.17) is 5.84 Å². The second-order valence-electron chi connectivity index (χ2n) is 4.89. The minimum Gasteiger partial charge on any atom is -0.271 e. The van der Waals surface area contributed by atoms with E-state index in [0.717, 1.165) is 12.3 Å². The molecule has 0 amide bonds. The van der Waals surface area contributed by atoms with Crippen LogP contribution < -0.4 is 11.3 Å². The highest BCUT2D eigenvalue weighted by molar-refractivity contribution is 14.1. The van der Waals surface area contributed by atoms with E-state index in [2.05, 4.69) is 66.1 Å². The Morgan fingerprint density at radius 1 is 1.28 bits per heavy atom. The number of hydrogen-bond donors (Lipinski definition) is 2. The normalized spacial score (nSPS) is 14.4. The number of halogens is 1. The summed E-state index contributed by atoms with van der Waals surface area (Å²) in [6.07, 6.45) is 6.28. The lowest BCUT2D eigenvalue weighted by molar-refractivity contribution is 0.355. The molecule has 0 saturated carbocycles. The number of unbranched alkanes of at least 4 members (excludes halogenated alkanes) is 1. The maximum atomic E-state index is 5.75.